The second kappa shape index (κ2) is 10.2. The smallest absolute Gasteiger partial charge is 0.128 e. The van der Waals surface area contributed by atoms with E-state index >= 15 is 0 Å². The third-order valence-electron chi connectivity index (χ3n) is 4.53. The Morgan fingerprint density at radius 1 is 1.17 bits per heavy atom. The van der Waals surface area contributed by atoms with Crippen LogP contribution in [0, 0.1) is 11.7 Å². The van der Waals surface area contributed by atoms with Gasteiger partial charge in [0.05, 0.1) is 0 Å². The van der Waals surface area contributed by atoms with Crippen LogP contribution in [-0.4, -0.2) is 44.3 Å². The number of halogens is 4. The summed E-state index contributed by atoms with van der Waals surface area (Å²) in [5, 5.41) is 3.38. The molecular formula is C16H24BrCl2FN2O. The zero-order valence-corrected chi connectivity index (χ0v) is 16.2. The summed E-state index contributed by atoms with van der Waals surface area (Å²) in [6.07, 6.45) is 2.03. The van der Waals surface area contributed by atoms with Crippen LogP contribution in [0.2, 0.25) is 0 Å². The fourth-order valence-corrected chi connectivity index (χ4v) is 3.86. The highest BCUT2D eigenvalue weighted by molar-refractivity contribution is 9.10. The summed E-state index contributed by atoms with van der Waals surface area (Å²) in [7, 11) is 0. The first-order valence-electron chi connectivity index (χ1n) is 7.73. The first-order chi connectivity index (χ1) is 10.3. The van der Waals surface area contributed by atoms with Gasteiger partial charge in [-0.05, 0) is 37.0 Å². The average molecular weight is 430 g/mol. The number of hydrogen-bond acceptors (Lipinski definition) is 3. The van der Waals surface area contributed by atoms with Gasteiger partial charge in [-0.2, -0.15) is 0 Å². The molecule has 3 nitrogen and oxygen atoms in total. The first-order valence-corrected chi connectivity index (χ1v) is 8.52. The number of ether oxygens (including phenoxy) is 1. The largest absolute Gasteiger partial charge is 0.381 e. The van der Waals surface area contributed by atoms with Crippen molar-refractivity contribution in [2.24, 2.45) is 5.92 Å². The molecule has 2 fully saturated rings. The van der Waals surface area contributed by atoms with E-state index in [0.717, 1.165) is 62.3 Å². The maximum atomic E-state index is 14.4. The van der Waals surface area contributed by atoms with E-state index in [1.54, 1.807) is 12.1 Å². The van der Waals surface area contributed by atoms with Crippen molar-refractivity contribution in [3.05, 3.63) is 34.1 Å². The van der Waals surface area contributed by atoms with Gasteiger partial charge >= 0.3 is 0 Å². The first kappa shape index (κ1) is 21.1. The minimum Gasteiger partial charge on any atom is -0.381 e. The molecule has 0 aromatic heterocycles. The Kier molecular flexibility index (Phi) is 9.34. The zero-order chi connectivity index (χ0) is 14.7. The highest BCUT2D eigenvalue weighted by Crippen LogP contribution is 2.37. The van der Waals surface area contributed by atoms with Gasteiger partial charge in [0.15, 0.2) is 0 Å². The molecule has 0 amide bonds. The molecule has 132 valence electrons. The van der Waals surface area contributed by atoms with Crippen molar-refractivity contribution in [2.75, 3.05) is 39.4 Å². The Morgan fingerprint density at radius 2 is 1.83 bits per heavy atom. The number of piperazine rings is 1. The predicted molar refractivity (Wildman–Crippen MR) is 99.3 cm³/mol. The summed E-state index contributed by atoms with van der Waals surface area (Å²) in [5.41, 5.74) is 0.832. The molecule has 2 saturated heterocycles. The Hall–Kier alpha value is 0.0900. The van der Waals surface area contributed by atoms with Crippen LogP contribution in [0.5, 0.6) is 0 Å². The van der Waals surface area contributed by atoms with Gasteiger partial charge in [0, 0.05) is 55.5 Å². The van der Waals surface area contributed by atoms with E-state index in [9.17, 15) is 4.39 Å². The van der Waals surface area contributed by atoms with Gasteiger partial charge in [0.25, 0.3) is 0 Å². The molecule has 2 aliphatic heterocycles. The van der Waals surface area contributed by atoms with Crippen molar-refractivity contribution in [3.63, 3.8) is 0 Å². The Balaban J connectivity index is 0.00000132. The minimum absolute atomic E-state index is 0. The molecular weight excluding hydrogens is 406 g/mol. The lowest BCUT2D eigenvalue weighted by molar-refractivity contribution is 0.0203. The lowest BCUT2D eigenvalue weighted by Gasteiger charge is -2.41. The molecule has 3 rings (SSSR count). The molecule has 0 bridgehead atoms. The SMILES string of the molecule is Cl.Cl.Fc1ccc(Br)cc1[C@@H](C1CCOCC1)N1CCNCC1. The monoisotopic (exact) mass is 428 g/mol. The predicted octanol–water partition coefficient (Wildman–Crippen LogP) is 3.80. The third-order valence-corrected chi connectivity index (χ3v) is 5.03. The summed E-state index contributed by atoms with van der Waals surface area (Å²) >= 11 is 3.49. The summed E-state index contributed by atoms with van der Waals surface area (Å²) in [4.78, 5) is 2.44. The third kappa shape index (κ3) is 5.28. The normalized spacial score (nSPS) is 21.1. The van der Waals surface area contributed by atoms with Crippen LogP contribution in [0.1, 0.15) is 24.4 Å². The molecule has 0 spiro atoms. The van der Waals surface area contributed by atoms with Gasteiger partial charge in [-0.1, -0.05) is 15.9 Å². The van der Waals surface area contributed by atoms with Crippen molar-refractivity contribution in [2.45, 2.75) is 18.9 Å². The van der Waals surface area contributed by atoms with E-state index in [4.69, 9.17) is 4.74 Å². The van der Waals surface area contributed by atoms with Crippen molar-refractivity contribution in [1.82, 2.24) is 10.2 Å². The number of benzene rings is 1. The van der Waals surface area contributed by atoms with Gasteiger partial charge in [-0.3, -0.25) is 4.90 Å². The van der Waals surface area contributed by atoms with Crippen LogP contribution in [0.4, 0.5) is 4.39 Å². The summed E-state index contributed by atoms with van der Waals surface area (Å²) in [6.45, 7) is 5.51. The molecule has 0 saturated carbocycles. The summed E-state index contributed by atoms with van der Waals surface area (Å²) < 4.78 is 20.9. The Labute approximate surface area is 158 Å². The van der Waals surface area contributed by atoms with Crippen molar-refractivity contribution < 1.29 is 9.13 Å². The number of rotatable bonds is 3. The van der Waals surface area contributed by atoms with E-state index in [-0.39, 0.29) is 36.7 Å². The second-order valence-electron chi connectivity index (χ2n) is 5.85. The standard InChI is InChI=1S/C16H22BrFN2O.2ClH/c17-13-1-2-15(18)14(11-13)16(12-3-9-21-10-4-12)20-7-5-19-6-8-20;;/h1-2,11-12,16,19H,3-10H2;2*1H/t16-;;/m1../s1. The molecule has 2 aliphatic rings. The van der Waals surface area contributed by atoms with Crippen molar-refractivity contribution in [1.29, 1.82) is 0 Å². The van der Waals surface area contributed by atoms with Crippen LogP contribution in [0.3, 0.4) is 0 Å². The van der Waals surface area contributed by atoms with E-state index in [0.29, 0.717) is 5.92 Å². The lowest BCUT2D eigenvalue weighted by atomic mass is 9.85. The maximum Gasteiger partial charge on any atom is 0.128 e. The van der Waals surface area contributed by atoms with Gasteiger partial charge in [0.1, 0.15) is 5.82 Å². The summed E-state index contributed by atoms with van der Waals surface area (Å²) in [5.74, 6) is 0.383. The second-order valence-corrected chi connectivity index (χ2v) is 6.76. The van der Waals surface area contributed by atoms with Crippen molar-refractivity contribution in [3.8, 4) is 0 Å². The van der Waals surface area contributed by atoms with Crippen LogP contribution < -0.4 is 5.32 Å². The van der Waals surface area contributed by atoms with Crippen LogP contribution in [0.15, 0.2) is 22.7 Å². The van der Waals surface area contributed by atoms with E-state index in [2.05, 4.69) is 26.1 Å². The molecule has 1 aromatic carbocycles. The summed E-state index contributed by atoms with van der Waals surface area (Å²) in [6, 6.07) is 5.47. The highest BCUT2D eigenvalue weighted by Gasteiger charge is 2.32. The van der Waals surface area contributed by atoms with Crippen molar-refractivity contribution >= 4 is 40.7 Å². The van der Waals surface area contributed by atoms with Gasteiger partial charge in [-0.15, -0.1) is 24.8 Å². The number of nitrogens with zero attached hydrogens (tertiary/aromatic N) is 1. The number of hydrogen-bond donors (Lipinski definition) is 1. The molecule has 1 aromatic rings. The minimum atomic E-state index is -0.0896. The quantitative estimate of drug-likeness (QED) is 0.790. The Bertz CT molecular complexity index is 465. The molecule has 7 heteroatoms. The number of nitrogens with one attached hydrogen (secondary N) is 1. The fourth-order valence-electron chi connectivity index (χ4n) is 3.48. The van der Waals surface area contributed by atoms with Crippen LogP contribution in [0.25, 0.3) is 0 Å². The van der Waals surface area contributed by atoms with E-state index in [1.165, 1.54) is 0 Å². The van der Waals surface area contributed by atoms with Gasteiger partial charge < -0.3 is 10.1 Å². The molecule has 0 aliphatic carbocycles. The molecule has 0 radical (unpaired) electrons. The molecule has 1 atom stereocenters. The fraction of sp³-hybridized carbons (Fsp3) is 0.625. The van der Waals surface area contributed by atoms with E-state index in [1.807, 2.05) is 6.07 Å². The Morgan fingerprint density at radius 3 is 2.48 bits per heavy atom. The molecule has 2 heterocycles. The van der Waals surface area contributed by atoms with Crippen LogP contribution >= 0.6 is 40.7 Å². The van der Waals surface area contributed by atoms with Gasteiger partial charge in [-0.25, -0.2) is 4.39 Å². The molecule has 23 heavy (non-hydrogen) atoms. The topological polar surface area (TPSA) is 24.5 Å². The highest BCUT2D eigenvalue weighted by atomic mass is 79.9. The molecule has 1 N–H and O–H groups in total. The van der Waals surface area contributed by atoms with Crippen LogP contribution in [-0.2, 0) is 4.74 Å². The maximum absolute atomic E-state index is 14.4. The lowest BCUT2D eigenvalue weighted by Crippen LogP contribution is -2.47. The van der Waals surface area contributed by atoms with Gasteiger partial charge in [0.2, 0.25) is 0 Å². The zero-order valence-electron chi connectivity index (χ0n) is 13.0. The molecule has 0 unspecified atom stereocenters. The van der Waals surface area contributed by atoms with E-state index < -0.39 is 0 Å². The average Bonchev–Trinajstić information content (AvgIpc) is 2.53.